The number of anilines is 1. The van der Waals surface area contributed by atoms with Crippen LogP contribution in [0.5, 0.6) is 5.88 Å². The first-order valence-corrected chi connectivity index (χ1v) is 22.2. The molecule has 0 bridgehead atoms. The number of hydrogen-bond donors (Lipinski definition) is 2. The number of sulfonamides is 1. The number of hydrogen-bond acceptors (Lipinski definition) is 9. The van der Waals surface area contributed by atoms with Crippen molar-refractivity contribution >= 4 is 55.3 Å². The molecule has 24 heteroatoms. The van der Waals surface area contributed by atoms with Crippen LogP contribution in [0.4, 0.5) is 40.9 Å². The molecule has 0 aliphatic heterocycles. The Bertz CT molecular complexity index is 3040. The van der Waals surface area contributed by atoms with E-state index in [1.54, 1.807) is 0 Å². The van der Waals surface area contributed by atoms with E-state index in [-0.39, 0.29) is 68.1 Å². The highest BCUT2D eigenvalue weighted by Gasteiger charge is 2.67. The predicted octanol–water partition coefficient (Wildman–Crippen LogP) is 7.96. The fraction of sp³-hybridized carbons (Fsp3) is 0.415. The highest BCUT2D eigenvalue weighted by Crippen LogP contribution is 2.68. The second kappa shape index (κ2) is 16.5. The van der Waals surface area contributed by atoms with E-state index in [0.717, 1.165) is 23.0 Å². The zero-order chi connectivity index (χ0) is 47.1. The Morgan fingerprint density at radius 1 is 1.02 bits per heavy atom. The Hall–Kier alpha value is -5.84. The van der Waals surface area contributed by atoms with Gasteiger partial charge in [0.05, 0.1) is 45.9 Å². The first-order valence-electron chi connectivity index (χ1n) is 19.9. The molecule has 2 N–H and O–H groups in total. The second-order valence-corrected chi connectivity index (χ2v) is 19.3. The number of halogens is 9. The van der Waals surface area contributed by atoms with Crippen LogP contribution in [0.25, 0.3) is 27.6 Å². The van der Waals surface area contributed by atoms with Crippen LogP contribution < -0.4 is 20.3 Å². The molecule has 8 rings (SSSR count). The van der Waals surface area contributed by atoms with Gasteiger partial charge in [-0.05, 0) is 60.1 Å². The van der Waals surface area contributed by atoms with Gasteiger partial charge in [-0.2, -0.15) is 24.0 Å². The summed E-state index contributed by atoms with van der Waals surface area (Å²) in [5.41, 5.74) is -4.31. The van der Waals surface area contributed by atoms with E-state index in [0.29, 0.717) is 21.9 Å². The number of nitrogens with zero attached hydrogens (tertiary/aromatic N) is 7. The van der Waals surface area contributed by atoms with E-state index in [9.17, 15) is 44.3 Å². The molecule has 4 heterocycles. The minimum atomic E-state index is -4.13. The SMILES string of the molecule is CC(C)(C)CCOc1ccc2c(=O)n(-c3ccc(Cl)c4c(NS(C)(=O)=O)nn(CC(F)F)c34)c([C@H](Cc3cc(F)cc(F)c3)NC(=O)Cn3nc(C(F)F)c4c3C(F)(F)[C@@H]3C[C@H]43)nc2n1. The minimum Gasteiger partial charge on any atom is -0.478 e. The molecule has 1 amide bonds. The van der Waals surface area contributed by atoms with Crippen molar-refractivity contribution in [3.63, 3.8) is 0 Å². The fourth-order valence-electron chi connectivity index (χ4n) is 8.15. The maximum Gasteiger partial charge on any atom is 0.293 e. The number of ether oxygens (including phenoxy) is 1. The second-order valence-electron chi connectivity index (χ2n) is 17.2. The van der Waals surface area contributed by atoms with E-state index in [4.69, 9.17) is 16.3 Å². The summed E-state index contributed by atoms with van der Waals surface area (Å²) in [4.78, 5) is 38.2. The molecule has 0 radical (unpaired) electrons. The van der Waals surface area contributed by atoms with Gasteiger partial charge in [0.25, 0.3) is 24.3 Å². The lowest BCUT2D eigenvalue weighted by Gasteiger charge is -2.24. The highest BCUT2D eigenvalue weighted by atomic mass is 35.5. The quantitative estimate of drug-likeness (QED) is 0.0971. The van der Waals surface area contributed by atoms with Crippen molar-refractivity contribution < 1.29 is 53.1 Å². The van der Waals surface area contributed by atoms with E-state index in [1.807, 2.05) is 20.8 Å². The number of nitrogens with one attached hydrogen (secondary N) is 2. The Morgan fingerprint density at radius 2 is 1.72 bits per heavy atom. The Labute approximate surface area is 369 Å². The van der Waals surface area contributed by atoms with E-state index >= 15 is 8.78 Å². The maximum absolute atomic E-state index is 15.5. The average molecular weight is 956 g/mol. The normalized spacial score (nSPS) is 17.2. The molecule has 3 atom stereocenters. The molecule has 6 aromatic rings. The molecule has 14 nitrogen and oxygen atoms in total. The molecule has 1 saturated carbocycles. The summed E-state index contributed by atoms with van der Waals surface area (Å²) in [6.07, 6.45) is -5.67. The van der Waals surface area contributed by atoms with Gasteiger partial charge in [0.1, 0.15) is 41.9 Å². The van der Waals surface area contributed by atoms with Gasteiger partial charge in [-0.15, -0.1) is 0 Å². The number of alkyl halides is 6. The number of rotatable bonds is 15. The number of benzene rings is 2. The first kappa shape index (κ1) is 45.7. The van der Waals surface area contributed by atoms with E-state index < -0.39 is 112 Å². The van der Waals surface area contributed by atoms with Crippen LogP contribution in [0.2, 0.25) is 5.02 Å². The van der Waals surface area contributed by atoms with Gasteiger partial charge in [-0.3, -0.25) is 28.2 Å². The first-order chi connectivity index (χ1) is 30.4. The molecule has 0 saturated heterocycles. The molecule has 0 unspecified atom stereocenters. The summed E-state index contributed by atoms with van der Waals surface area (Å²) in [7, 11) is -4.13. The standard InChI is InChI=1S/C41H38ClF8N9O5S/c1-40(2,3)9-10-64-29-8-5-21-36(52-29)53-38(59(39(21)61)26-7-6-24(42)31-33(26)57(16-27(45)46)55-37(31)56-65(4,62)63)25(13-18-11-19(43)14-20(44)12-18)51-28(60)17-58-34-30(32(54-58)35(47)48)22-15-23(22)41(34,49)50/h5-8,11-12,14,22-23,25,27,35H,9-10,13,15-17H2,1-4H3,(H,51,60)(H,55,56)/t22-,23+,25-/m0/s1. The molecule has 65 heavy (non-hydrogen) atoms. The van der Waals surface area contributed by atoms with Crippen molar-refractivity contribution in [3.8, 4) is 11.6 Å². The minimum absolute atomic E-state index is 0.00636. The smallest absolute Gasteiger partial charge is 0.293 e. The van der Waals surface area contributed by atoms with Crippen molar-refractivity contribution in [1.82, 2.24) is 39.4 Å². The predicted molar refractivity (Wildman–Crippen MR) is 220 cm³/mol. The van der Waals surface area contributed by atoms with Crippen molar-refractivity contribution in [3.05, 3.63) is 97.8 Å². The Kier molecular flexibility index (Phi) is 11.6. The number of carbonyl (C=O) groups excluding carboxylic acids is 1. The lowest BCUT2D eigenvalue weighted by molar-refractivity contribution is -0.123. The Morgan fingerprint density at radius 3 is 2.37 bits per heavy atom. The van der Waals surface area contributed by atoms with Crippen LogP contribution in [0.3, 0.4) is 0 Å². The van der Waals surface area contributed by atoms with Crippen molar-refractivity contribution in [1.29, 1.82) is 0 Å². The van der Waals surface area contributed by atoms with Gasteiger partial charge in [-0.25, -0.2) is 39.7 Å². The fourth-order valence-corrected chi connectivity index (χ4v) is 8.89. The summed E-state index contributed by atoms with van der Waals surface area (Å²) < 4.78 is 152. The number of pyridine rings is 1. The summed E-state index contributed by atoms with van der Waals surface area (Å²) in [5, 5.41) is 9.64. The van der Waals surface area contributed by atoms with E-state index in [1.165, 1.54) is 24.3 Å². The molecule has 4 aromatic heterocycles. The largest absolute Gasteiger partial charge is 0.478 e. The average Bonchev–Trinajstić information content (AvgIpc) is 3.71. The van der Waals surface area contributed by atoms with Crippen LogP contribution in [0, 0.1) is 23.0 Å². The third kappa shape index (κ3) is 9.08. The van der Waals surface area contributed by atoms with Crippen LogP contribution >= 0.6 is 11.6 Å². The van der Waals surface area contributed by atoms with Gasteiger partial charge in [-0.1, -0.05) is 32.4 Å². The van der Waals surface area contributed by atoms with Crippen molar-refractivity contribution in [2.24, 2.45) is 11.3 Å². The monoisotopic (exact) mass is 955 g/mol. The van der Waals surface area contributed by atoms with Gasteiger partial charge in [0, 0.05) is 30.0 Å². The lowest BCUT2D eigenvalue weighted by Crippen LogP contribution is -2.38. The summed E-state index contributed by atoms with van der Waals surface area (Å²) in [6, 6.07) is 5.73. The molecule has 0 spiro atoms. The van der Waals surface area contributed by atoms with Crippen LogP contribution in [0.1, 0.15) is 80.3 Å². The van der Waals surface area contributed by atoms with Crippen LogP contribution in [0.15, 0.2) is 47.3 Å². The zero-order valence-corrected chi connectivity index (χ0v) is 36.2. The number of amides is 1. The van der Waals surface area contributed by atoms with Gasteiger partial charge in [0.15, 0.2) is 11.5 Å². The van der Waals surface area contributed by atoms with Crippen molar-refractivity contribution in [2.45, 2.75) is 83.9 Å². The molecule has 2 aromatic carbocycles. The summed E-state index contributed by atoms with van der Waals surface area (Å²) in [5.74, 6) is -10.0. The lowest BCUT2D eigenvalue weighted by atomic mass is 9.93. The van der Waals surface area contributed by atoms with Gasteiger partial charge >= 0.3 is 0 Å². The van der Waals surface area contributed by atoms with Gasteiger partial charge < -0.3 is 10.1 Å². The molecule has 2 aliphatic rings. The van der Waals surface area contributed by atoms with Crippen LogP contribution in [-0.2, 0) is 40.3 Å². The molecule has 2 aliphatic carbocycles. The van der Waals surface area contributed by atoms with Gasteiger partial charge in [0.2, 0.25) is 21.8 Å². The third-order valence-corrected chi connectivity index (χ3v) is 11.8. The number of carbonyl (C=O) groups is 1. The topological polar surface area (TPSA) is 168 Å². The zero-order valence-electron chi connectivity index (χ0n) is 34.7. The summed E-state index contributed by atoms with van der Waals surface area (Å²) in [6.45, 7) is 3.87. The molecular formula is C41H38ClF8N9O5S. The molecular weight excluding hydrogens is 918 g/mol. The molecule has 1 fully saturated rings. The van der Waals surface area contributed by atoms with Crippen LogP contribution in [-0.4, -0.2) is 67.7 Å². The Balaban J connectivity index is 1.35. The van der Waals surface area contributed by atoms with E-state index in [2.05, 4.69) is 30.2 Å². The van der Waals surface area contributed by atoms with Crippen molar-refractivity contribution in [2.75, 3.05) is 17.6 Å². The molecule has 346 valence electrons. The number of aromatic nitrogens is 7. The number of fused-ring (bicyclic) bond motifs is 5. The third-order valence-electron chi connectivity index (χ3n) is 11.0. The maximum atomic E-state index is 15.5. The summed E-state index contributed by atoms with van der Waals surface area (Å²) >= 11 is 6.56. The highest BCUT2D eigenvalue weighted by molar-refractivity contribution is 7.92.